The maximum atomic E-state index is 3.76. The average Bonchev–Trinajstić information content (AvgIpc) is 2.96. The lowest BCUT2D eigenvalue weighted by Gasteiger charge is -2.30. The summed E-state index contributed by atoms with van der Waals surface area (Å²) in [6, 6.07) is 1.70. The minimum atomic E-state index is 0.813. The predicted molar refractivity (Wildman–Crippen MR) is 74.3 cm³/mol. The van der Waals surface area contributed by atoms with Gasteiger partial charge in [0.1, 0.15) is 0 Å². The quantitative estimate of drug-likeness (QED) is 0.765. The van der Waals surface area contributed by atoms with Crippen LogP contribution in [0.5, 0.6) is 0 Å². The van der Waals surface area contributed by atoms with Gasteiger partial charge in [-0.05, 0) is 57.5 Å². The van der Waals surface area contributed by atoms with E-state index in [4.69, 9.17) is 0 Å². The van der Waals surface area contributed by atoms with Crippen LogP contribution in [-0.2, 0) is 0 Å². The van der Waals surface area contributed by atoms with Crippen LogP contribution in [0.2, 0.25) is 0 Å². The Morgan fingerprint density at radius 3 is 2.76 bits per heavy atom. The van der Waals surface area contributed by atoms with Crippen LogP contribution in [0.4, 0.5) is 0 Å². The highest BCUT2D eigenvalue weighted by atomic mass is 15.2. The second-order valence-electron chi connectivity index (χ2n) is 5.95. The molecule has 0 amide bonds. The Kier molecular flexibility index (Phi) is 5.30. The Morgan fingerprint density at radius 1 is 1.12 bits per heavy atom. The zero-order valence-electron chi connectivity index (χ0n) is 11.8. The maximum Gasteiger partial charge on any atom is 0.0107 e. The molecule has 1 heterocycles. The second-order valence-corrected chi connectivity index (χ2v) is 5.95. The molecule has 100 valence electrons. The Balaban J connectivity index is 1.80. The van der Waals surface area contributed by atoms with Gasteiger partial charge in [-0.1, -0.05) is 20.3 Å². The third kappa shape index (κ3) is 3.45. The molecular formula is C15H30N2. The van der Waals surface area contributed by atoms with Crippen LogP contribution < -0.4 is 5.32 Å². The highest BCUT2D eigenvalue weighted by Gasteiger charge is 2.31. The zero-order valence-corrected chi connectivity index (χ0v) is 11.8. The summed E-state index contributed by atoms with van der Waals surface area (Å²) < 4.78 is 0. The molecule has 2 heteroatoms. The molecule has 0 spiro atoms. The van der Waals surface area contributed by atoms with Crippen molar-refractivity contribution in [2.24, 2.45) is 5.92 Å². The van der Waals surface area contributed by atoms with Crippen molar-refractivity contribution < 1.29 is 0 Å². The summed E-state index contributed by atoms with van der Waals surface area (Å²) in [7, 11) is 0. The van der Waals surface area contributed by atoms with E-state index in [9.17, 15) is 0 Å². The standard InChI is InChI=1S/C15H30N2/c1-3-10-16-15-9-5-7-13(15)12-17-11-6-8-14(17)4-2/h13-16H,3-12H2,1-2H3. The van der Waals surface area contributed by atoms with Crippen LogP contribution in [-0.4, -0.2) is 36.6 Å². The van der Waals surface area contributed by atoms with Crippen LogP contribution in [0, 0.1) is 5.92 Å². The molecule has 3 unspecified atom stereocenters. The van der Waals surface area contributed by atoms with Gasteiger partial charge in [-0.25, -0.2) is 0 Å². The van der Waals surface area contributed by atoms with Gasteiger partial charge in [0, 0.05) is 18.6 Å². The topological polar surface area (TPSA) is 15.3 Å². The van der Waals surface area contributed by atoms with E-state index < -0.39 is 0 Å². The van der Waals surface area contributed by atoms with E-state index in [1.165, 1.54) is 64.6 Å². The molecular weight excluding hydrogens is 208 g/mol. The average molecular weight is 238 g/mol. The number of hydrogen-bond donors (Lipinski definition) is 1. The first-order valence-corrected chi connectivity index (χ1v) is 7.82. The first-order valence-electron chi connectivity index (χ1n) is 7.82. The molecule has 3 atom stereocenters. The third-order valence-corrected chi connectivity index (χ3v) is 4.75. The minimum Gasteiger partial charge on any atom is -0.314 e. The van der Waals surface area contributed by atoms with Crippen molar-refractivity contribution in [1.29, 1.82) is 0 Å². The van der Waals surface area contributed by atoms with Gasteiger partial charge in [0.15, 0.2) is 0 Å². The Labute approximate surface area is 107 Å². The van der Waals surface area contributed by atoms with Crippen LogP contribution >= 0.6 is 0 Å². The highest BCUT2D eigenvalue weighted by molar-refractivity contribution is 4.88. The van der Waals surface area contributed by atoms with Crippen molar-refractivity contribution in [1.82, 2.24) is 10.2 Å². The number of hydrogen-bond acceptors (Lipinski definition) is 2. The molecule has 1 aliphatic heterocycles. The van der Waals surface area contributed by atoms with Gasteiger partial charge in [0.25, 0.3) is 0 Å². The first kappa shape index (κ1) is 13.4. The second kappa shape index (κ2) is 6.75. The Hall–Kier alpha value is -0.0800. The molecule has 1 saturated heterocycles. The predicted octanol–water partition coefficient (Wildman–Crippen LogP) is 3.03. The SMILES string of the molecule is CCCNC1CCCC1CN1CCCC1CC. The monoisotopic (exact) mass is 238 g/mol. The molecule has 0 aromatic carbocycles. The summed E-state index contributed by atoms with van der Waals surface area (Å²) in [5.74, 6) is 0.925. The molecule has 2 aliphatic rings. The molecule has 1 N–H and O–H groups in total. The van der Waals surface area contributed by atoms with Crippen molar-refractivity contribution >= 4 is 0 Å². The molecule has 0 bridgehead atoms. The molecule has 0 radical (unpaired) electrons. The van der Waals surface area contributed by atoms with Gasteiger partial charge in [-0.2, -0.15) is 0 Å². The summed E-state index contributed by atoms with van der Waals surface area (Å²) in [6.45, 7) is 8.54. The smallest absolute Gasteiger partial charge is 0.0107 e. The third-order valence-electron chi connectivity index (χ3n) is 4.75. The summed E-state index contributed by atoms with van der Waals surface area (Å²) >= 11 is 0. The van der Waals surface area contributed by atoms with Gasteiger partial charge >= 0.3 is 0 Å². The van der Waals surface area contributed by atoms with Crippen molar-refractivity contribution in [2.75, 3.05) is 19.6 Å². The van der Waals surface area contributed by atoms with Gasteiger partial charge in [-0.15, -0.1) is 0 Å². The van der Waals surface area contributed by atoms with Gasteiger partial charge < -0.3 is 10.2 Å². The summed E-state index contributed by atoms with van der Waals surface area (Å²) in [5.41, 5.74) is 0. The Bertz CT molecular complexity index is 217. The molecule has 0 aromatic heterocycles. The first-order chi connectivity index (χ1) is 8.35. The lowest BCUT2D eigenvalue weighted by atomic mass is 10.0. The zero-order chi connectivity index (χ0) is 12.1. The number of likely N-dealkylation sites (tertiary alicyclic amines) is 1. The minimum absolute atomic E-state index is 0.813. The van der Waals surface area contributed by atoms with E-state index in [-0.39, 0.29) is 0 Å². The molecule has 0 aromatic rings. The normalized spacial score (nSPS) is 34.6. The number of nitrogens with zero attached hydrogens (tertiary/aromatic N) is 1. The van der Waals surface area contributed by atoms with Crippen molar-refractivity contribution in [2.45, 2.75) is 70.9 Å². The van der Waals surface area contributed by atoms with Crippen LogP contribution in [0.3, 0.4) is 0 Å². The summed E-state index contributed by atoms with van der Waals surface area (Å²) in [5, 5.41) is 3.76. The van der Waals surface area contributed by atoms with Crippen molar-refractivity contribution in [3.05, 3.63) is 0 Å². The molecule has 1 saturated carbocycles. The van der Waals surface area contributed by atoms with E-state index >= 15 is 0 Å². The number of nitrogens with one attached hydrogen (secondary N) is 1. The van der Waals surface area contributed by atoms with Crippen molar-refractivity contribution in [3.63, 3.8) is 0 Å². The molecule has 2 nitrogen and oxygen atoms in total. The maximum absolute atomic E-state index is 3.76. The van der Waals surface area contributed by atoms with E-state index in [1.807, 2.05) is 0 Å². The fourth-order valence-corrected chi connectivity index (χ4v) is 3.75. The van der Waals surface area contributed by atoms with Crippen LogP contribution in [0.25, 0.3) is 0 Å². The molecule has 2 rings (SSSR count). The van der Waals surface area contributed by atoms with Gasteiger partial charge in [-0.3, -0.25) is 0 Å². The van der Waals surface area contributed by atoms with Crippen molar-refractivity contribution in [3.8, 4) is 0 Å². The van der Waals surface area contributed by atoms with E-state index in [0.29, 0.717) is 0 Å². The van der Waals surface area contributed by atoms with Gasteiger partial charge in [0.2, 0.25) is 0 Å². The molecule has 2 fully saturated rings. The Morgan fingerprint density at radius 2 is 2.00 bits per heavy atom. The van der Waals surface area contributed by atoms with Crippen LogP contribution in [0.1, 0.15) is 58.8 Å². The summed E-state index contributed by atoms with van der Waals surface area (Å²) in [6.07, 6.45) is 9.79. The van der Waals surface area contributed by atoms with E-state index in [0.717, 1.165) is 18.0 Å². The lowest BCUT2D eigenvalue weighted by molar-refractivity contribution is 0.195. The summed E-state index contributed by atoms with van der Waals surface area (Å²) in [4.78, 5) is 2.77. The van der Waals surface area contributed by atoms with Crippen LogP contribution in [0.15, 0.2) is 0 Å². The highest BCUT2D eigenvalue weighted by Crippen LogP contribution is 2.29. The lowest BCUT2D eigenvalue weighted by Crippen LogP contribution is -2.41. The fourth-order valence-electron chi connectivity index (χ4n) is 3.75. The van der Waals surface area contributed by atoms with E-state index in [1.54, 1.807) is 0 Å². The number of rotatable bonds is 6. The molecule has 17 heavy (non-hydrogen) atoms. The van der Waals surface area contributed by atoms with Gasteiger partial charge in [0.05, 0.1) is 0 Å². The fraction of sp³-hybridized carbons (Fsp3) is 1.00. The van der Waals surface area contributed by atoms with E-state index in [2.05, 4.69) is 24.1 Å². The molecule has 1 aliphatic carbocycles. The largest absolute Gasteiger partial charge is 0.314 e.